The van der Waals surface area contributed by atoms with Gasteiger partial charge in [-0.15, -0.1) is 0 Å². The number of benzene rings is 2. The predicted molar refractivity (Wildman–Crippen MR) is 132 cm³/mol. The summed E-state index contributed by atoms with van der Waals surface area (Å²) in [5, 5.41) is 12.8. The molecular weight excluding hydrogens is 426 g/mol. The van der Waals surface area contributed by atoms with Crippen molar-refractivity contribution in [3.63, 3.8) is 0 Å². The standard InChI is InChI=1S/C27H31N5O2/c1-34-17-7-14-29-27(33)22(19-28)25-26(31-24-11-6-5-10-23(24)30-25)32-15-12-21(13-16-32)18-20-8-3-2-4-9-20/h2-6,8-11,21-22H,7,12-18H2,1H3,(H,29,33). The average molecular weight is 458 g/mol. The van der Waals surface area contributed by atoms with Crippen molar-refractivity contribution >= 4 is 22.8 Å². The van der Waals surface area contributed by atoms with Crippen molar-refractivity contribution in [3.8, 4) is 6.07 Å². The highest BCUT2D eigenvalue weighted by atomic mass is 16.5. The molecule has 0 aliphatic carbocycles. The first-order valence-electron chi connectivity index (χ1n) is 11.9. The summed E-state index contributed by atoms with van der Waals surface area (Å²) in [6.07, 6.45) is 3.81. The zero-order valence-corrected chi connectivity index (χ0v) is 19.6. The number of fused-ring (bicyclic) bond motifs is 1. The molecule has 176 valence electrons. The van der Waals surface area contributed by atoms with Crippen LogP contribution in [-0.4, -0.2) is 49.2 Å². The average Bonchev–Trinajstić information content (AvgIpc) is 2.88. The summed E-state index contributed by atoms with van der Waals surface area (Å²) in [5.74, 6) is -0.109. The SMILES string of the molecule is COCCCNC(=O)C(C#N)c1nc2ccccc2nc1N1CCC(Cc2ccccc2)CC1. The first kappa shape index (κ1) is 23.7. The largest absolute Gasteiger partial charge is 0.385 e. The van der Waals surface area contributed by atoms with Crippen LogP contribution >= 0.6 is 0 Å². The van der Waals surface area contributed by atoms with Crippen LogP contribution in [-0.2, 0) is 16.0 Å². The van der Waals surface area contributed by atoms with Gasteiger partial charge in [0.15, 0.2) is 11.7 Å². The van der Waals surface area contributed by atoms with Crippen LogP contribution in [0.3, 0.4) is 0 Å². The normalized spacial score (nSPS) is 15.1. The van der Waals surface area contributed by atoms with E-state index >= 15 is 0 Å². The Morgan fingerprint density at radius 3 is 2.47 bits per heavy atom. The molecule has 1 aliphatic heterocycles. The zero-order valence-electron chi connectivity index (χ0n) is 19.6. The molecule has 1 N–H and O–H groups in total. The highest BCUT2D eigenvalue weighted by Crippen LogP contribution is 2.31. The Hall–Kier alpha value is -3.50. The van der Waals surface area contributed by atoms with Crippen LogP contribution in [0.5, 0.6) is 0 Å². The lowest BCUT2D eigenvalue weighted by molar-refractivity contribution is -0.121. The number of nitrogens with zero attached hydrogens (tertiary/aromatic N) is 4. The first-order valence-corrected chi connectivity index (χ1v) is 11.9. The number of hydrogen-bond donors (Lipinski definition) is 1. The lowest BCUT2D eigenvalue weighted by atomic mass is 9.90. The van der Waals surface area contributed by atoms with Crippen molar-refractivity contribution in [2.24, 2.45) is 5.92 Å². The monoisotopic (exact) mass is 457 g/mol. The van der Waals surface area contributed by atoms with Crippen molar-refractivity contribution in [1.29, 1.82) is 5.26 Å². The summed E-state index contributed by atoms with van der Waals surface area (Å²) in [4.78, 5) is 24.7. The minimum absolute atomic E-state index is 0.344. The van der Waals surface area contributed by atoms with E-state index in [1.54, 1.807) is 7.11 Å². The number of rotatable bonds is 9. The van der Waals surface area contributed by atoms with Crippen molar-refractivity contribution in [3.05, 3.63) is 65.9 Å². The fourth-order valence-corrected chi connectivity index (χ4v) is 4.50. The molecule has 0 saturated carbocycles. The predicted octanol–water partition coefficient (Wildman–Crippen LogP) is 3.85. The fraction of sp³-hybridized carbons (Fsp3) is 0.407. The number of anilines is 1. The smallest absolute Gasteiger partial charge is 0.243 e. The van der Waals surface area contributed by atoms with Gasteiger partial charge in [-0.25, -0.2) is 9.97 Å². The van der Waals surface area contributed by atoms with E-state index in [2.05, 4.69) is 40.6 Å². The third kappa shape index (κ3) is 5.70. The van der Waals surface area contributed by atoms with E-state index < -0.39 is 5.92 Å². The second-order valence-corrected chi connectivity index (χ2v) is 8.74. The number of piperidine rings is 1. The number of carbonyl (C=O) groups excluding carboxylic acids is 1. The molecule has 1 unspecified atom stereocenters. The molecule has 1 atom stereocenters. The molecule has 2 heterocycles. The second kappa shape index (κ2) is 11.6. The maximum atomic E-state index is 12.9. The summed E-state index contributed by atoms with van der Waals surface area (Å²) in [6, 6.07) is 20.4. The molecule has 4 rings (SSSR count). The van der Waals surface area contributed by atoms with Gasteiger partial charge in [-0.3, -0.25) is 4.79 Å². The van der Waals surface area contributed by atoms with Crippen molar-refractivity contribution in [2.45, 2.75) is 31.6 Å². The molecule has 34 heavy (non-hydrogen) atoms. The molecule has 0 radical (unpaired) electrons. The third-order valence-electron chi connectivity index (χ3n) is 6.35. The third-order valence-corrected chi connectivity index (χ3v) is 6.35. The number of carbonyl (C=O) groups is 1. The zero-order chi connectivity index (χ0) is 23.8. The first-order chi connectivity index (χ1) is 16.7. The van der Waals surface area contributed by atoms with Gasteiger partial charge in [0.1, 0.15) is 5.69 Å². The van der Waals surface area contributed by atoms with E-state index in [9.17, 15) is 10.1 Å². The molecule has 1 amide bonds. The molecule has 1 aliphatic rings. The van der Waals surface area contributed by atoms with Gasteiger partial charge < -0.3 is 15.0 Å². The number of ether oxygens (including phenoxy) is 1. The number of nitrogens with one attached hydrogen (secondary N) is 1. The van der Waals surface area contributed by atoms with Gasteiger partial charge in [0, 0.05) is 33.4 Å². The van der Waals surface area contributed by atoms with E-state index in [1.807, 2.05) is 30.3 Å². The van der Waals surface area contributed by atoms with Gasteiger partial charge in [-0.05, 0) is 49.3 Å². The van der Waals surface area contributed by atoms with Gasteiger partial charge >= 0.3 is 0 Å². The lowest BCUT2D eigenvalue weighted by Crippen LogP contribution is -2.37. The summed E-state index contributed by atoms with van der Waals surface area (Å²) in [5.41, 5.74) is 3.26. The van der Waals surface area contributed by atoms with Crippen LogP contribution in [0.4, 0.5) is 5.82 Å². The number of hydrogen-bond acceptors (Lipinski definition) is 6. The maximum Gasteiger partial charge on any atom is 0.243 e. The van der Waals surface area contributed by atoms with E-state index in [1.165, 1.54) is 5.56 Å². The van der Waals surface area contributed by atoms with E-state index in [0.717, 1.165) is 37.9 Å². The Morgan fingerprint density at radius 1 is 1.12 bits per heavy atom. The van der Waals surface area contributed by atoms with Crippen LogP contribution in [0.1, 0.15) is 36.4 Å². The Balaban J connectivity index is 1.55. The Kier molecular flexibility index (Phi) is 8.05. The van der Waals surface area contributed by atoms with Gasteiger partial charge in [0.2, 0.25) is 5.91 Å². The van der Waals surface area contributed by atoms with Crippen LogP contribution in [0.25, 0.3) is 11.0 Å². The lowest BCUT2D eigenvalue weighted by Gasteiger charge is -2.34. The van der Waals surface area contributed by atoms with Crippen LogP contribution in [0.15, 0.2) is 54.6 Å². The second-order valence-electron chi connectivity index (χ2n) is 8.74. The topological polar surface area (TPSA) is 91.1 Å². The highest BCUT2D eigenvalue weighted by Gasteiger charge is 2.30. The molecule has 7 heteroatoms. The van der Waals surface area contributed by atoms with Crippen LogP contribution in [0.2, 0.25) is 0 Å². The molecular formula is C27H31N5O2. The van der Waals surface area contributed by atoms with Gasteiger partial charge in [-0.2, -0.15) is 5.26 Å². The summed E-state index contributed by atoms with van der Waals surface area (Å²) in [7, 11) is 1.62. The molecule has 3 aromatic rings. The van der Waals surface area contributed by atoms with E-state index in [-0.39, 0.29) is 5.91 Å². The Bertz CT molecular complexity index is 1140. The van der Waals surface area contributed by atoms with Gasteiger partial charge in [0.25, 0.3) is 0 Å². The summed E-state index contributed by atoms with van der Waals surface area (Å²) >= 11 is 0. The van der Waals surface area contributed by atoms with E-state index in [0.29, 0.717) is 42.5 Å². The fourth-order valence-electron chi connectivity index (χ4n) is 4.50. The molecule has 7 nitrogen and oxygen atoms in total. The number of para-hydroxylation sites is 2. The van der Waals surface area contributed by atoms with Crippen LogP contribution < -0.4 is 10.2 Å². The summed E-state index contributed by atoms with van der Waals surface area (Å²) < 4.78 is 5.04. The summed E-state index contributed by atoms with van der Waals surface area (Å²) in [6.45, 7) is 2.65. The number of amides is 1. The van der Waals surface area contributed by atoms with E-state index in [4.69, 9.17) is 14.7 Å². The van der Waals surface area contributed by atoms with Crippen molar-refractivity contribution in [2.75, 3.05) is 38.3 Å². The molecule has 0 bridgehead atoms. The molecule has 2 aromatic carbocycles. The van der Waals surface area contributed by atoms with Gasteiger partial charge in [0.05, 0.1) is 17.1 Å². The van der Waals surface area contributed by atoms with Crippen LogP contribution in [0, 0.1) is 17.2 Å². The Labute approximate surface area is 200 Å². The number of methoxy groups -OCH3 is 1. The van der Waals surface area contributed by atoms with Gasteiger partial charge in [-0.1, -0.05) is 42.5 Å². The molecule has 1 saturated heterocycles. The number of aromatic nitrogens is 2. The molecule has 0 spiro atoms. The van der Waals surface area contributed by atoms with Crippen molar-refractivity contribution < 1.29 is 9.53 Å². The quantitative estimate of drug-likeness (QED) is 0.491. The molecule has 1 fully saturated rings. The maximum absolute atomic E-state index is 12.9. The highest BCUT2D eigenvalue weighted by molar-refractivity contribution is 5.88. The molecule has 1 aromatic heterocycles. The minimum Gasteiger partial charge on any atom is -0.385 e. The van der Waals surface area contributed by atoms with Crippen molar-refractivity contribution in [1.82, 2.24) is 15.3 Å². The number of nitriles is 1. The minimum atomic E-state index is -1.02. The Morgan fingerprint density at radius 2 is 1.79 bits per heavy atom.